The molecule has 2 N–H and O–H groups in total. The fraction of sp³-hybridized carbons (Fsp3) is 0.286. The zero-order chi connectivity index (χ0) is 16.3. The molecule has 0 saturated heterocycles. The quantitative estimate of drug-likeness (QED) is 0.540. The molecule has 0 atom stereocenters. The van der Waals surface area contributed by atoms with Crippen LogP contribution in [-0.4, -0.2) is 40.2 Å². The predicted octanol–water partition coefficient (Wildman–Crippen LogP) is 1.88. The molecular weight excluding hydrogens is 301 g/mol. The van der Waals surface area contributed by atoms with Gasteiger partial charge in [-0.15, -0.1) is 20.4 Å². The summed E-state index contributed by atoms with van der Waals surface area (Å²) in [5.74, 6) is 0.456. The van der Waals surface area contributed by atoms with E-state index in [4.69, 9.17) is 10.3 Å². The summed E-state index contributed by atoms with van der Waals surface area (Å²) >= 11 is 0. The van der Waals surface area contributed by atoms with Crippen LogP contribution in [0, 0.1) is 5.53 Å². The molecule has 9 heteroatoms. The molecule has 0 aliphatic rings. The number of ether oxygens (including phenoxy) is 1. The second kappa shape index (κ2) is 9.26. The molecule has 0 unspecified atom stereocenters. The van der Waals surface area contributed by atoms with Gasteiger partial charge in [0.2, 0.25) is 5.82 Å². The number of aromatic nitrogens is 4. The van der Waals surface area contributed by atoms with Crippen molar-refractivity contribution in [3.8, 4) is 11.4 Å². The molecule has 2 aromatic rings. The Hall–Kier alpha value is -2.81. The molecular formula is C14H16FN7O. The molecule has 2 rings (SSSR count). The number of halogens is 1. The monoisotopic (exact) mass is 317 g/mol. The summed E-state index contributed by atoms with van der Waals surface area (Å²) in [5, 5.41) is 21.1. The van der Waals surface area contributed by atoms with Crippen LogP contribution in [0.5, 0.6) is 0 Å². The molecule has 0 amide bonds. The van der Waals surface area contributed by atoms with Gasteiger partial charge < -0.3 is 10.1 Å². The van der Waals surface area contributed by atoms with Gasteiger partial charge in [-0.1, -0.05) is 24.3 Å². The van der Waals surface area contributed by atoms with Gasteiger partial charge in [0, 0.05) is 18.3 Å². The Morgan fingerprint density at radius 3 is 2.65 bits per heavy atom. The van der Waals surface area contributed by atoms with Gasteiger partial charge in [-0.2, -0.15) is 5.11 Å². The smallest absolute Gasteiger partial charge is 0.203 e. The van der Waals surface area contributed by atoms with Crippen molar-refractivity contribution >= 4 is 0 Å². The van der Waals surface area contributed by atoms with Crippen molar-refractivity contribution in [3.05, 3.63) is 48.1 Å². The first-order valence-corrected chi connectivity index (χ1v) is 6.86. The Bertz CT molecular complexity index is 633. The average molecular weight is 317 g/mol. The molecule has 0 saturated carbocycles. The summed E-state index contributed by atoms with van der Waals surface area (Å²) in [6.45, 7) is 0.236. The van der Waals surface area contributed by atoms with E-state index in [1.807, 2.05) is 24.3 Å². The highest BCUT2D eigenvalue weighted by Gasteiger charge is 2.02. The topological polar surface area (TPSA) is 109 Å². The van der Waals surface area contributed by atoms with Crippen molar-refractivity contribution in [3.63, 3.8) is 0 Å². The number of rotatable bonds is 9. The average Bonchev–Trinajstić information content (AvgIpc) is 2.62. The minimum atomic E-state index is -0.481. The molecule has 0 aliphatic heterocycles. The highest BCUT2D eigenvalue weighted by molar-refractivity contribution is 5.53. The van der Waals surface area contributed by atoms with Crippen LogP contribution in [-0.2, 0) is 11.3 Å². The van der Waals surface area contributed by atoms with E-state index in [0.717, 1.165) is 11.1 Å². The van der Waals surface area contributed by atoms with E-state index in [2.05, 4.69) is 30.8 Å². The van der Waals surface area contributed by atoms with Crippen molar-refractivity contribution in [2.24, 2.45) is 5.11 Å². The molecule has 1 heterocycles. The lowest BCUT2D eigenvalue weighted by atomic mass is 10.1. The SMILES string of the molecule is N=N/C(=C\NCCF)COCc1ccc(-c2nncnn2)cc1. The van der Waals surface area contributed by atoms with Gasteiger partial charge in [0.15, 0.2) is 6.33 Å². The number of alkyl halides is 1. The molecule has 1 aromatic heterocycles. The van der Waals surface area contributed by atoms with Crippen LogP contribution in [0.15, 0.2) is 47.6 Å². The lowest BCUT2D eigenvalue weighted by Crippen LogP contribution is -2.10. The number of hydrogen-bond donors (Lipinski definition) is 2. The molecule has 0 aliphatic carbocycles. The van der Waals surface area contributed by atoms with Crippen LogP contribution < -0.4 is 5.32 Å². The summed E-state index contributed by atoms with van der Waals surface area (Å²) in [4.78, 5) is 0. The third-order valence-corrected chi connectivity index (χ3v) is 2.79. The van der Waals surface area contributed by atoms with E-state index in [1.165, 1.54) is 12.5 Å². The number of benzene rings is 1. The summed E-state index contributed by atoms with van der Waals surface area (Å²) < 4.78 is 17.4. The van der Waals surface area contributed by atoms with Crippen LogP contribution in [0.25, 0.3) is 11.4 Å². The maximum Gasteiger partial charge on any atom is 0.203 e. The summed E-state index contributed by atoms with van der Waals surface area (Å²) in [5.41, 5.74) is 9.17. The van der Waals surface area contributed by atoms with E-state index in [9.17, 15) is 4.39 Å². The molecule has 23 heavy (non-hydrogen) atoms. The van der Waals surface area contributed by atoms with Crippen molar-refractivity contribution in [1.29, 1.82) is 5.53 Å². The molecule has 0 radical (unpaired) electrons. The molecule has 1 aromatic carbocycles. The second-order valence-corrected chi connectivity index (χ2v) is 4.45. The van der Waals surface area contributed by atoms with Crippen molar-refractivity contribution < 1.29 is 9.13 Å². The van der Waals surface area contributed by atoms with E-state index in [1.54, 1.807) is 0 Å². The molecule has 0 bridgehead atoms. The van der Waals surface area contributed by atoms with E-state index < -0.39 is 6.67 Å². The summed E-state index contributed by atoms with van der Waals surface area (Å²) in [6, 6.07) is 7.47. The van der Waals surface area contributed by atoms with E-state index in [-0.39, 0.29) is 13.2 Å². The van der Waals surface area contributed by atoms with Crippen molar-refractivity contribution in [1.82, 2.24) is 25.7 Å². The van der Waals surface area contributed by atoms with Crippen LogP contribution >= 0.6 is 0 Å². The summed E-state index contributed by atoms with van der Waals surface area (Å²) in [7, 11) is 0. The van der Waals surface area contributed by atoms with Crippen LogP contribution in [0.4, 0.5) is 4.39 Å². The first kappa shape index (κ1) is 16.6. The standard InChI is InChI=1S/C14H16FN7O/c15-5-6-17-7-13(20-16)9-23-8-11-1-3-12(4-2-11)14-21-18-10-19-22-14/h1-4,7,10,16-17H,5-6,8-9H2/b13-7-,20-16?. The molecule has 120 valence electrons. The van der Waals surface area contributed by atoms with Gasteiger partial charge in [0.1, 0.15) is 12.4 Å². The third kappa shape index (κ3) is 5.47. The van der Waals surface area contributed by atoms with Gasteiger partial charge in [-0.3, -0.25) is 0 Å². The lowest BCUT2D eigenvalue weighted by Gasteiger charge is -2.05. The third-order valence-electron chi connectivity index (χ3n) is 2.79. The Balaban J connectivity index is 1.84. The predicted molar refractivity (Wildman–Crippen MR) is 79.9 cm³/mol. The minimum Gasteiger partial charge on any atom is -0.387 e. The molecule has 8 nitrogen and oxygen atoms in total. The zero-order valence-corrected chi connectivity index (χ0v) is 12.3. The largest absolute Gasteiger partial charge is 0.387 e. The number of nitrogens with one attached hydrogen (secondary N) is 2. The Labute approximate surface area is 132 Å². The van der Waals surface area contributed by atoms with Gasteiger partial charge >= 0.3 is 0 Å². The fourth-order valence-corrected chi connectivity index (χ4v) is 1.69. The highest BCUT2D eigenvalue weighted by Crippen LogP contribution is 2.14. The molecule has 0 fully saturated rings. The minimum absolute atomic E-state index is 0.167. The second-order valence-electron chi connectivity index (χ2n) is 4.45. The van der Waals surface area contributed by atoms with Crippen molar-refractivity contribution in [2.75, 3.05) is 19.8 Å². The molecule has 0 spiro atoms. The normalized spacial score (nSPS) is 11.3. The maximum atomic E-state index is 12.0. The first-order valence-electron chi connectivity index (χ1n) is 6.86. The van der Waals surface area contributed by atoms with Gasteiger partial charge in [-0.25, -0.2) is 9.92 Å². The highest BCUT2D eigenvalue weighted by atomic mass is 19.1. The number of hydrogen-bond acceptors (Lipinski definition) is 8. The van der Waals surface area contributed by atoms with Gasteiger partial charge in [0.05, 0.1) is 13.2 Å². The van der Waals surface area contributed by atoms with Gasteiger partial charge in [0.25, 0.3) is 0 Å². The van der Waals surface area contributed by atoms with E-state index in [0.29, 0.717) is 18.1 Å². The fourth-order valence-electron chi connectivity index (χ4n) is 1.69. The van der Waals surface area contributed by atoms with Crippen LogP contribution in [0.1, 0.15) is 5.56 Å². The first-order chi connectivity index (χ1) is 11.3. The van der Waals surface area contributed by atoms with Crippen molar-refractivity contribution in [2.45, 2.75) is 6.61 Å². The number of nitrogens with zero attached hydrogens (tertiary/aromatic N) is 5. The Kier molecular flexibility index (Phi) is 6.66. The van der Waals surface area contributed by atoms with Crippen LogP contribution in [0.3, 0.4) is 0 Å². The lowest BCUT2D eigenvalue weighted by molar-refractivity contribution is 0.141. The zero-order valence-electron chi connectivity index (χ0n) is 12.3. The van der Waals surface area contributed by atoms with Gasteiger partial charge in [-0.05, 0) is 5.56 Å². The summed E-state index contributed by atoms with van der Waals surface area (Å²) in [6.07, 6.45) is 2.75. The Morgan fingerprint density at radius 2 is 2.00 bits per heavy atom. The van der Waals surface area contributed by atoms with E-state index >= 15 is 0 Å². The Morgan fingerprint density at radius 1 is 1.26 bits per heavy atom. The van der Waals surface area contributed by atoms with Crippen LogP contribution in [0.2, 0.25) is 0 Å². The maximum absolute atomic E-state index is 12.0.